The van der Waals surface area contributed by atoms with E-state index in [1.165, 1.54) is 7.11 Å². The third kappa shape index (κ3) is 3.15. The van der Waals surface area contributed by atoms with Crippen molar-refractivity contribution in [3.05, 3.63) is 35.9 Å². The predicted molar refractivity (Wildman–Crippen MR) is 57.8 cm³/mol. The Balaban J connectivity index is 2.69. The molecule has 1 aromatic rings. The molecule has 3 nitrogen and oxygen atoms in total. The molecule has 0 spiro atoms. The number of hydrogen-bond donors (Lipinski definition) is 1. The van der Waals surface area contributed by atoms with Crippen molar-refractivity contribution >= 4 is 5.78 Å². The monoisotopic (exact) mass is 208 g/mol. The molecule has 0 aliphatic heterocycles. The number of Topliss-reactive ketones (excluding diaryl/α,β-unsaturated/α-hetero) is 1. The largest absolute Gasteiger partial charge is 0.390 e. The molecule has 0 amide bonds. The van der Waals surface area contributed by atoms with Gasteiger partial charge in [0.1, 0.15) is 0 Å². The van der Waals surface area contributed by atoms with Crippen LogP contribution in [0.25, 0.3) is 0 Å². The molecule has 0 radical (unpaired) electrons. The highest BCUT2D eigenvalue weighted by Crippen LogP contribution is 2.12. The summed E-state index contributed by atoms with van der Waals surface area (Å²) in [5.41, 5.74) is 0.625. The molecule has 0 saturated heterocycles. The molecule has 2 atom stereocenters. The number of benzene rings is 1. The van der Waals surface area contributed by atoms with Gasteiger partial charge in [-0.15, -0.1) is 0 Å². The van der Waals surface area contributed by atoms with Gasteiger partial charge in [0, 0.05) is 18.6 Å². The van der Waals surface area contributed by atoms with Crippen molar-refractivity contribution in [2.24, 2.45) is 5.92 Å². The van der Waals surface area contributed by atoms with E-state index in [4.69, 9.17) is 4.74 Å². The van der Waals surface area contributed by atoms with Crippen LogP contribution in [0.1, 0.15) is 17.3 Å². The van der Waals surface area contributed by atoms with Crippen molar-refractivity contribution in [3.63, 3.8) is 0 Å². The molecule has 1 N–H and O–H groups in total. The van der Waals surface area contributed by atoms with Crippen molar-refractivity contribution in [2.45, 2.75) is 13.0 Å². The lowest BCUT2D eigenvalue weighted by atomic mass is 9.95. The smallest absolute Gasteiger partial charge is 0.168 e. The summed E-state index contributed by atoms with van der Waals surface area (Å²) in [7, 11) is 1.50. The van der Waals surface area contributed by atoms with E-state index in [1.807, 2.05) is 18.2 Å². The minimum absolute atomic E-state index is 0.0554. The van der Waals surface area contributed by atoms with Gasteiger partial charge in [0.15, 0.2) is 5.78 Å². The van der Waals surface area contributed by atoms with Gasteiger partial charge in [0.05, 0.1) is 12.7 Å². The van der Waals surface area contributed by atoms with Gasteiger partial charge < -0.3 is 9.84 Å². The van der Waals surface area contributed by atoms with Crippen molar-refractivity contribution in [2.75, 3.05) is 13.7 Å². The molecule has 0 unspecified atom stereocenters. The molecule has 0 fully saturated rings. The molecule has 15 heavy (non-hydrogen) atoms. The summed E-state index contributed by atoms with van der Waals surface area (Å²) < 4.78 is 4.81. The van der Waals surface area contributed by atoms with Crippen molar-refractivity contribution < 1.29 is 14.6 Å². The maximum Gasteiger partial charge on any atom is 0.168 e. The molecule has 0 aliphatic carbocycles. The minimum Gasteiger partial charge on any atom is -0.390 e. The molecule has 0 aromatic heterocycles. The quantitative estimate of drug-likeness (QED) is 0.746. The summed E-state index contributed by atoms with van der Waals surface area (Å²) in [5.74, 6) is -0.493. The molecule has 0 bridgehead atoms. The average Bonchev–Trinajstić information content (AvgIpc) is 2.28. The summed E-state index contributed by atoms with van der Waals surface area (Å²) in [4.78, 5) is 11.8. The number of aliphatic hydroxyl groups excluding tert-OH is 1. The zero-order valence-corrected chi connectivity index (χ0v) is 9.01. The van der Waals surface area contributed by atoms with E-state index in [9.17, 15) is 9.90 Å². The number of carbonyl (C=O) groups is 1. The molecular formula is C12H16O3. The maximum absolute atomic E-state index is 11.8. The van der Waals surface area contributed by atoms with Gasteiger partial charge in [0.2, 0.25) is 0 Å². The molecule has 0 aliphatic rings. The third-order valence-electron chi connectivity index (χ3n) is 2.39. The van der Waals surface area contributed by atoms with E-state index in [-0.39, 0.29) is 12.4 Å². The SMILES string of the molecule is COC[C@@H](O)[C@H](C)C(=O)c1ccccc1. The summed E-state index contributed by atoms with van der Waals surface area (Å²) in [5, 5.41) is 9.60. The Morgan fingerprint density at radius 3 is 2.53 bits per heavy atom. The molecule has 0 saturated carbocycles. The lowest BCUT2D eigenvalue weighted by Gasteiger charge is -2.16. The summed E-state index contributed by atoms with van der Waals surface area (Å²) >= 11 is 0. The summed E-state index contributed by atoms with van der Waals surface area (Å²) in [6.45, 7) is 1.89. The highest BCUT2D eigenvalue weighted by Gasteiger charge is 2.22. The Bertz CT molecular complexity index is 308. The normalized spacial score (nSPS) is 14.6. The highest BCUT2D eigenvalue weighted by atomic mass is 16.5. The van der Waals surface area contributed by atoms with Gasteiger partial charge in [0.25, 0.3) is 0 Å². The second-order valence-electron chi connectivity index (χ2n) is 3.54. The van der Waals surface area contributed by atoms with Crippen LogP contribution in [0.4, 0.5) is 0 Å². The van der Waals surface area contributed by atoms with Gasteiger partial charge in [-0.2, -0.15) is 0 Å². The summed E-state index contributed by atoms with van der Waals surface area (Å²) in [6, 6.07) is 8.97. The van der Waals surface area contributed by atoms with E-state index >= 15 is 0 Å². The fraction of sp³-hybridized carbons (Fsp3) is 0.417. The van der Waals surface area contributed by atoms with Crippen molar-refractivity contribution in [1.29, 1.82) is 0 Å². The van der Waals surface area contributed by atoms with Crippen LogP contribution >= 0.6 is 0 Å². The van der Waals surface area contributed by atoms with E-state index in [2.05, 4.69) is 0 Å². The van der Waals surface area contributed by atoms with E-state index in [0.29, 0.717) is 5.56 Å². The molecule has 0 heterocycles. The van der Waals surface area contributed by atoms with Crippen LogP contribution in [0.3, 0.4) is 0 Å². The van der Waals surface area contributed by atoms with Crippen molar-refractivity contribution in [1.82, 2.24) is 0 Å². The van der Waals surface area contributed by atoms with Gasteiger partial charge in [-0.25, -0.2) is 0 Å². The topological polar surface area (TPSA) is 46.5 Å². The van der Waals surface area contributed by atoms with E-state index < -0.39 is 12.0 Å². The molecule has 3 heteroatoms. The first-order valence-corrected chi connectivity index (χ1v) is 4.93. The Morgan fingerprint density at radius 1 is 1.40 bits per heavy atom. The maximum atomic E-state index is 11.8. The number of rotatable bonds is 5. The predicted octanol–water partition coefficient (Wildman–Crippen LogP) is 1.51. The average molecular weight is 208 g/mol. The number of aliphatic hydroxyl groups is 1. The van der Waals surface area contributed by atoms with Crippen molar-refractivity contribution in [3.8, 4) is 0 Å². The van der Waals surface area contributed by atoms with Crippen LogP contribution < -0.4 is 0 Å². The Morgan fingerprint density at radius 2 is 2.00 bits per heavy atom. The van der Waals surface area contributed by atoms with Crippen LogP contribution in [0.2, 0.25) is 0 Å². The zero-order chi connectivity index (χ0) is 11.3. The molecule has 1 aromatic carbocycles. The van der Waals surface area contributed by atoms with Gasteiger partial charge in [-0.1, -0.05) is 37.3 Å². The van der Waals surface area contributed by atoms with Crippen LogP contribution in [-0.2, 0) is 4.74 Å². The second-order valence-corrected chi connectivity index (χ2v) is 3.54. The molecule has 1 rings (SSSR count). The van der Waals surface area contributed by atoms with Crippen LogP contribution in [0.15, 0.2) is 30.3 Å². The minimum atomic E-state index is -0.747. The Kier molecular flexibility index (Phi) is 4.46. The van der Waals surface area contributed by atoms with Crippen LogP contribution in [-0.4, -0.2) is 30.7 Å². The number of ketones is 1. The third-order valence-corrected chi connectivity index (χ3v) is 2.39. The standard InChI is InChI=1S/C12H16O3/c1-9(11(13)8-15-2)12(14)10-6-4-3-5-7-10/h3-7,9,11,13H,8H2,1-2H3/t9-,11+/m0/s1. The summed E-state index contributed by atoms with van der Waals surface area (Å²) in [6.07, 6.45) is -0.747. The lowest BCUT2D eigenvalue weighted by Crippen LogP contribution is -2.29. The van der Waals surface area contributed by atoms with E-state index in [1.54, 1.807) is 19.1 Å². The van der Waals surface area contributed by atoms with Gasteiger partial charge in [-0.3, -0.25) is 4.79 Å². The zero-order valence-electron chi connectivity index (χ0n) is 9.01. The number of carbonyl (C=O) groups excluding carboxylic acids is 1. The fourth-order valence-electron chi connectivity index (χ4n) is 1.36. The van der Waals surface area contributed by atoms with Crippen LogP contribution in [0.5, 0.6) is 0 Å². The molecular weight excluding hydrogens is 192 g/mol. The Hall–Kier alpha value is -1.19. The first-order valence-electron chi connectivity index (χ1n) is 4.93. The van der Waals surface area contributed by atoms with Gasteiger partial charge >= 0.3 is 0 Å². The second kappa shape index (κ2) is 5.63. The lowest BCUT2D eigenvalue weighted by molar-refractivity contribution is 0.0294. The Labute approximate surface area is 89.7 Å². The first kappa shape index (κ1) is 11.9. The first-order chi connectivity index (χ1) is 7.16. The number of methoxy groups -OCH3 is 1. The number of hydrogen-bond acceptors (Lipinski definition) is 3. The van der Waals surface area contributed by atoms with E-state index in [0.717, 1.165) is 0 Å². The number of ether oxygens (including phenoxy) is 1. The van der Waals surface area contributed by atoms with Crippen LogP contribution in [0, 0.1) is 5.92 Å². The molecule has 82 valence electrons. The van der Waals surface area contributed by atoms with Gasteiger partial charge in [-0.05, 0) is 0 Å². The highest BCUT2D eigenvalue weighted by molar-refractivity contribution is 5.97. The fourth-order valence-corrected chi connectivity index (χ4v) is 1.36.